The summed E-state index contributed by atoms with van der Waals surface area (Å²) in [6.45, 7) is 1.25. The van der Waals surface area contributed by atoms with Gasteiger partial charge in [0.1, 0.15) is 0 Å². The van der Waals surface area contributed by atoms with Crippen LogP contribution in [0.5, 0.6) is 12.0 Å². The number of nitrogens with zero attached hydrogens (tertiary/aromatic N) is 3. The Labute approximate surface area is 137 Å². The Balaban J connectivity index is 1.97. The number of esters is 2. The Morgan fingerprint density at radius 1 is 0.833 bits per heavy atom. The van der Waals surface area contributed by atoms with E-state index in [9.17, 15) is 9.59 Å². The summed E-state index contributed by atoms with van der Waals surface area (Å²) in [6, 6.07) is 17.2. The molecular weight excluding hydrogens is 310 g/mol. The number of ether oxygens (including phenoxy) is 2. The monoisotopic (exact) mass is 323 g/mol. The lowest BCUT2D eigenvalue weighted by molar-refractivity contribution is -0.132. The molecule has 0 unspecified atom stereocenters. The molecule has 2 aromatic carbocycles. The van der Waals surface area contributed by atoms with Crippen molar-refractivity contribution in [2.45, 2.75) is 6.92 Å². The first-order chi connectivity index (χ1) is 11.6. The largest absolute Gasteiger partial charge is 0.391 e. The normalized spacial score (nSPS) is 10.2. The summed E-state index contributed by atoms with van der Waals surface area (Å²) in [5.74, 6) is -1.14. The quantitative estimate of drug-likeness (QED) is 0.686. The van der Waals surface area contributed by atoms with Gasteiger partial charge in [-0.25, -0.2) is 9.36 Å². The SMILES string of the molecule is CC(=O)Oc1nnc(OC(=O)c2ccccc2)n1-c1ccccc1. The summed E-state index contributed by atoms with van der Waals surface area (Å²) in [5.41, 5.74) is 0.962. The Bertz CT molecular complexity index is 860. The maximum absolute atomic E-state index is 12.2. The summed E-state index contributed by atoms with van der Waals surface area (Å²) in [6.07, 6.45) is 0. The van der Waals surface area contributed by atoms with Crippen molar-refractivity contribution in [2.24, 2.45) is 0 Å². The average Bonchev–Trinajstić information content (AvgIpc) is 2.98. The lowest BCUT2D eigenvalue weighted by Gasteiger charge is -2.09. The topological polar surface area (TPSA) is 83.3 Å². The van der Waals surface area contributed by atoms with E-state index in [0.717, 1.165) is 0 Å². The van der Waals surface area contributed by atoms with Crippen LogP contribution in [0.2, 0.25) is 0 Å². The van der Waals surface area contributed by atoms with Crippen LogP contribution in [0, 0.1) is 0 Å². The van der Waals surface area contributed by atoms with E-state index in [4.69, 9.17) is 9.47 Å². The fourth-order valence-electron chi connectivity index (χ4n) is 2.03. The number of rotatable bonds is 4. The van der Waals surface area contributed by atoms with Gasteiger partial charge in [0.2, 0.25) is 0 Å². The van der Waals surface area contributed by atoms with Crippen molar-refractivity contribution >= 4 is 11.9 Å². The van der Waals surface area contributed by atoms with Crippen molar-refractivity contribution in [1.29, 1.82) is 0 Å². The highest BCUT2D eigenvalue weighted by atomic mass is 16.6. The zero-order valence-electron chi connectivity index (χ0n) is 12.7. The van der Waals surface area contributed by atoms with Crippen LogP contribution in [0.25, 0.3) is 5.69 Å². The Morgan fingerprint density at radius 3 is 1.96 bits per heavy atom. The second-order valence-electron chi connectivity index (χ2n) is 4.79. The summed E-state index contributed by atoms with van der Waals surface area (Å²) in [4.78, 5) is 23.5. The highest BCUT2D eigenvalue weighted by molar-refractivity contribution is 5.90. The van der Waals surface area contributed by atoms with Gasteiger partial charge in [-0.2, -0.15) is 0 Å². The Hall–Kier alpha value is -3.48. The van der Waals surface area contributed by atoms with Crippen LogP contribution in [0.15, 0.2) is 60.7 Å². The van der Waals surface area contributed by atoms with Gasteiger partial charge in [-0.3, -0.25) is 4.79 Å². The average molecular weight is 323 g/mol. The lowest BCUT2D eigenvalue weighted by Crippen LogP contribution is -2.13. The molecule has 0 radical (unpaired) electrons. The molecule has 0 N–H and O–H groups in total. The minimum absolute atomic E-state index is 0.0791. The lowest BCUT2D eigenvalue weighted by atomic mass is 10.2. The van der Waals surface area contributed by atoms with E-state index in [1.807, 2.05) is 6.07 Å². The Kier molecular flexibility index (Phi) is 4.33. The van der Waals surface area contributed by atoms with Gasteiger partial charge in [-0.15, -0.1) is 0 Å². The van der Waals surface area contributed by atoms with E-state index in [1.165, 1.54) is 11.5 Å². The summed E-state index contributed by atoms with van der Waals surface area (Å²) < 4.78 is 11.7. The smallest absolute Gasteiger partial charge is 0.345 e. The molecule has 24 heavy (non-hydrogen) atoms. The molecule has 3 rings (SSSR count). The third-order valence-corrected chi connectivity index (χ3v) is 3.05. The predicted octanol–water partition coefficient (Wildman–Crippen LogP) is 2.41. The maximum atomic E-state index is 12.2. The summed E-state index contributed by atoms with van der Waals surface area (Å²) >= 11 is 0. The van der Waals surface area contributed by atoms with E-state index < -0.39 is 11.9 Å². The van der Waals surface area contributed by atoms with E-state index in [0.29, 0.717) is 11.3 Å². The molecule has 0 spiro atoms. The number of hydrogen-bond acceptors (Lipinski definition) is 6. The van der Waals surface area contributed by atoms with Crippen LogP contribution in [-0.4, -0.2) is 26.7 Å². The number of aromatic nitrogens is 3. The van der Waals surface area contributed by atoms with E-state index in [2.05, 4.69) is 10.2 Å². The number of carbonyl (C=O) groups is 2. The Morgan fingerprint density at radius 2 is 1.38 bits per heavy atom. The molecular formula is C17H13N3O4. The molecule has 0 bridgehead atoms. The number of carbonyl (C=O) groups excluding carboxylic acids is 2. The van der Waals surface area contributed by atoms with Gasteiger partial charge in [-0.1, -0.05) is 46.6 Å². The minimum atomic E-state index is -0.588. The van der Waals surface area contributed by atoms with Crippen LogP contribution < -0.4 is 9.47 Å². The molecule has 0 atom stereocenters. The van der Waals surface area contributed by atoms with E-state index >= 15 is 0 Å². The fraction of sp³-hybridized carbons (Fsp3) is 0.0588. The number of benzene rings is 2. The molecule has 0 aliphatic carbocycles. The summed E-state index contributed by atoms with van der Waals surface area (Å²) in [7, 11) is 0. The van der Waals surface area contributed by atoms with Crippen LogP contribution in [-0.2, 0) is 4.79 Å². The van der Waals surface area contributed by atoms with Crippen LogP contribution in [0.3, 0.4) is 0 Å². The molecule has 0 fully saturated rings. The molecule has 1 aromatic heterocycles. The minimum Gasteiger partial charge on any atom is -0.391 e. The van der Waals surface area contributed by atoms with Crippen molar-refractivity contribution in [3.63, 3.8) is 0 Å². The third-order valence-electron chi connectivity index (χ3n) is 3.05. The standard InChI is InChI=1S/C17H13N3O4/c1-12(21)23-16-18-19-17(20(16)14-10-6-3-7-11-14)24-15(22)13-8-4-2-5-9-13/h2-11H,1H3. The van der Waals surface area contributed by atoms with Crippen molar-refractivity contribution < 1.29 is 19.1 Å². The van der Waals surface area contributed by atoms with Gasteiger partial charge < -0.3 is 9.47 Å². The molecule has 7 heteroatoms. The molecule has 0 aliphatic heterocycles. The molecule has 1 heterocycles. The molecule has 0 saturated carbocycles. The molecule has 0 aliphatic rings. The predicted molar refractivity (Wildman–Crippen MR) is 84.1 cm³/mol. The van der Waals surface area contributed by atoms with E-state index in [1.54, 1.807) is 54.6 Å². The highest BCUT2D eigenvalue weighted by Gasteiger charge is 2.21. The maximum Gasteiger partial charge on any atom is 0.345 e. The number of para-hydroxylation sites is 1. The van der Waals surface area contributed by atoms with Crippen molar-refractivity contribution in [3.05, 3.63) is 66.2 Å². The third kappa shape index (κ3) is 3.30. The van der Waals surface area contributed by atoms with Crippen molar-refractivity contribution in [1.82, 2.24) is 14.8 Å². The molecule has 0 amide bonds. The molecule has 7 nitrogen and oxygen atoms in total. The van der Waals surface area contributed by atoms with Gasteiger partial charge >= 0.3 is 24.0 Å². The van der Waals surface area contributed by atoms with Gasteiger partial charge in [0.15, 0.2) is 0 Å². The molecule has 0 saturated heterocycles. The first-order valence-electron chi connectivity index (χ1n) is 7.11. The fourth-order valence-corrected chi connectivity index (χ4v) is 2.03. The van der Waals surface area contributed by atoms with Crippen LogP contribution in [0.1, 0.15) is 17.3 Å². The van der Waals surface area contributed by atoms with Gasteiger partial charge in [0.05, 0.1) is 11.3 Å². The zero-order valence-corrected chi connectivity index (χ0v) is 12.7. The van der Waals surface area contributed by atoms with Crippen molar-refractivity contribution in [3.8, 4) is 17.7 Å². The van der Waals surface area contributed by atoms with E-state index in [-0.39, 0.29) is 12.0 Å². The second-order valence-corrected chi connectivity index (χ2v) is 4.79. The van der Waals surface area contributed by atoms with Gasteiger partial charge in [0.25, 0.3) is 0 Å². The summed E-state index contributed by atoms with van der Waals surface area (Å²) in [5, 5.41) is 7.58. The first-order valence-corrected chi connectivity index (χ1v) is 7.11. The molecule has 120 valence electrons. The highest BCUT2D eigenvalue weighted by Crippen LogP contribution is 2.24. The van der Waals surface area contributed by atoms with Crippen LogP contribution in [0.4, 0.5) is 0 Å². The number of hydrogen-bond donors (Lipinski definition) is 0. The second kappa shape index (κ2) is 6.74. The van der Waals surface area contributed by atoms with Gasteiger partial charge in [0, 0.05) is 6.92 Å². The van der Waals surface area contributed by atoms with Gasteiger partial charge in [-0.05, 0) is 24.3 Å². The van der Waals surface area contributed by atoms with Crippen molar-refractivity contribution in [2.75, 3.05) is 0 Å². The first kappa shape index (κ1) is 15.4. The van der Waals surface area contributed by atoms with Crippen LogP contribution >= 0.6 is 0 Å². The molecule has 3 aromatic rings. The zero-order chi connectivity index (χ0) is 16.9.